The Morgan fingerprint density at radius 1 is 1.00 bits per heavy atom. The summed E-state index contributed by atoms with van der Waals surface area (Å²) in [5.74, 6) is -3.23. The minimum absolute atomic E-state index is 0.0294. The molecule has 2 amide bonds. The van der Waals surface area contributed by atoms with Gasteiger partial charge in [0.2, 0.25) is 0 Å². The topological polar surface area (TPSA) is 75.2 Å². The van der Waals surface area contributed by atoms with Crippen LogP contribution in [0.25, 0.3) is 0 Å². The van der Waals surface area contributed by atoms with Crippen LogP contribution >= 0.6 is 0 Å². The summed E-state index contributed by atoms with van der Waals surface area (Å²) >= 11 is 0. The second-order valence-electron chi connectivity index (χ2n) is 6.97. The van der Waals surface area contributed by atoms with E-state index in [1.807, 2.05) is 24.3 Å². The highest BCUT2D eigenvalue weighted by atomic mass is 19.1. The van der Waals surface area contributed by atoms with Gasteiger partial charge in [-0.25, -0.2) is 8.78 Å². The molecule has 1 aromatic heterocycles. The van der Waals surface area contributed by atoms with Gasteiger partial charge in [-0.15, -0.1) is 5.10 Å². The minimum Gasteiger partial charge on any atom is -0.334 e. The average Bonchev–Trinajstić information content (AvgIpc) is 2.98. The summed E-state index contributed by atoms with van der Waals surface area (Å²) in [6.45, 7) is 0.790. The predicted octanol–water partition coefficient (Wildman–Crippen LogP) is 3.60. The molecule has 152 valence electrons. The van der Waals surface area contributed by atoms with Crippen molar-refractivity contribution in [3.63, 3.8) is 0 Å². The van der Waals surface area contributed by atoms with Crippen LogP contribution in [0.1, 0.15) is 38.4 Å². The van der Waals surface area contributed by atoms with Gasteiger partial charge in [-0.3, -0.25) is 9.59 Å². The Labute approximate surface area is 171 Å². The van der Waals surface area contributed by atoms with E-state index in [-0.39, 0.29) is 16.9 Å². The molecule has 2 heterocycles. The van der Waals surface area contributed by atoms with E-state index >= 15 is 0 Å². The highest BCUT2D eigenvalue weighted by Gasteiger charge is 2.24. The van der Waals surface area contributed by atoms with Crippen LogP contribution in [0.4, 0.5) is 14.5 Å². The average molecular weight is 408 g/mol. The smallest absolute Gasteiger partial charge is 0.276 e. The van der Waals surface area contributed by atoms with Crippen molar-refractivity contribution in [3.05, 3.63) is 88.7 Å². The molecule has 1 aliphatic rings. The van der Waals surface area contributed by atoms with Crippen LogP contribution in [-0.2, 0) is 13.0 Å². The van der Waals surface area contributed by atoms with Crippen LogP contribution in [-0.4, -0.2) is 33.5 Å². The number of hydrogen-bond acceptors (Lipinski definition) is 4. The van der Waals surface area contributed by atoms with Crippen molar-refractivity contribution in [1.82, 2.24) is 15.1 Å². The van der Waals surface area contributed by atoms with E-state index in [2.05, 4.69) is 15.5 Å². The molecule has 1 N–H and O–H groups in total. The molecular formula is C22H18F2N4O2. The zero-order chi connectivity index (χ0) is 21.1. The van der Waals surface area contributed by atoms with Crippen molar-refractivity contribution < 1.29 is 18.4 Å². The maximum absolute atomic E-state index is 14.5. The van der Waals surface area contributed by atoms with E-state index in [4.69, 9.17) is 0 Å². The Kier molecular flexibility index (Phi) is 5.47. The quantitative estimate of drug-likeness (QED) is 0.719. The fraction of sp³-hybridized carbons (Fsp3) is 0.182. The molecule has 0 aliphatic carbocycles. The number of fused-ring (bicyclic) bond motifs is 1. The Morgan fingerprint density at radius 2 is 1.80 bits per heavy atom. The van der Waals surface area contributed by atoms with Crippen molar-refractivity contribution in [2.75, 3.05) is 11.9 Å². The molecule has 0 bridgehead atoms. The largest absolute Gasteiger partial charge is 0.334 e. The van der Waals surface area contributed by atoms with E-state index in [1.54, 1.807) is 0 Å². The minimum atomic E-state index is -0.984. The lowest BCUT2D eigenvalue weighted by atomic mass is 10.0. The fourth-order valence-electron chi connectivity index (χ4n) is 3.46. The van der Waals surface area contributed by atoms with Crippen LogP contribution in [0.15, 0.2) is 54.7 Å². The van der Waals surface area contributed by atoms with Crippen LogP contribution in [0.5, 0.6) is 0 Å². The number of hydrogen-bond donors (Lipinski definition) is 1. The van der Waals surface area contributed by atoms with Crippen LogP contribution in [0.3, 0.4) is 0 Å². The first-order valence-electron chi connectivity index (χ1n) is 9.47. The molecule has 1 aliphatic heterocycles. The number of rotatable bonds is 3. The monoisotopic (exact) mass is 408 g/mol. The predicted molar refractivity (Wildman–Crippen MR) is 106 cm³/mol. The molecule has 0 saturated carbocycles. The molecule has 30 heavy (non-hydrogen) atoms. The normalized spacial score (nSPS) is 13.3. The molecule has 0 saturated heterocycles. The lowest BCUT2D eigenvalue weighted by Crippen LogP contribution is -2.31. The third kappa shape index (κ3) is 4.03. The van der Waals surface area contributed by atoms with E-state index in [0.29, 0.717) is 19.2 Å². The summed E-state index contributed by atoms with van der Waals surface area (Å²) in [4.78, 5) is 26.8. The summed E-state index contributed by atoms with van der Waals surface area (Å²) in [7, 11) is 0. The second kappa shape index (κ2) is 8.36. The lowest BCUT2D eigenvalue weighted by Gasteiger charge is -2.22. The van der Waals surface area contributed by atoms with Gasteiger partial charge < -0.3 is 10.2 Å². The fourth-order valence-corrected chi connectivity index (χ4v) is 3.46. The number of nitrogens with zero attached hydrogens (tertiary/aromatic N) is 3. The number of nitrogens with one attached hydrogen (secondary N) is 1. The summed E-state index contributed by atoms with van der Waals surface area (Å²) in [5, 5.41) is 9.57. The third-order valence-corrected chi connectivity index (χ3v) is 4.98. The van der Waals surface area contributed by atoms with Crippen LogP contribution in [0.2, 0.25) is 0 Å². The standard InChI is InChI=1S/C22H18F2N4O2/c23-17-12-18(24)20(26-21(29)19-8-3-9-25-27-19)11-16(17)22(30)28-10-4-7-14-5-1-2-6-15(14)13-28/h1-3,5-6,8-9,11-12H,4,7,10,13H2,(H,26,29). The zero-order valence-electron chi connectivity index (χ0n) is 15.9. The Hall–Kier alpha value is -3.68. The van der Waals surface area contributed by atoms with Gasteiger partial charge in [-0.05, 0) is 42.2 Å². The molecule has 0 fully saturated rings. The molecule has 4 rings (SSSR count). The number of halogens is 2. The summed E-state index contributed by atoms with van der Waals surface area (Å²) in [6, 6.07) is 12.3. The first kappa shape index (κ1) is 19.6. The van der Waals surface area contributed by atoms with Gasteiger partial charge >= 0.3 is 0 Å². The number of carbonyl (C=O) groups excluding carboxylic acids is 2. The molecular weight excluding hydrogens is 390 g/mol. The van der Waals surface area contributed by atoms with Gasteiger partial charge in [0.05, 0.1) is 11.3 Å². The van der Waals surface area contributed by atoms with Gasteiger partial charge in [0.15, 0.2) is 5.69 Å². The molecule has 0 atom stereocenters. The number of carbonyl (C=O) groups is 2. The van der Waals surface area contributed by atoms with Crippen molar-refractivity contribution in [3.8, 4) is 0 Å². The second-order valence-corrected chi connectivity index (χ2v) is 6.97. The number of anilines is 1. The third-order valence-electron chi connectivity index (χ3n) is 4.98. The lowest BCUT2D eigenvalue weighted by molar-refractivity contribution is 0.0740. The number of benzene rings is 2. The molecule has 0 radical (unpaired) electrons. The van der Waals surface area contributed by atoms with Crippen molar-refractivity contribution >= 4 is 17.5 Å². The summed E-state index contributed by atoms with van der Waals surface area (Å²) < 4.78 is 28.7. The first-order chi connectivity index (χ1) is 14.5. The molecule has 6 nitrogen and oxygen atoms in total. The SMILES string of the molecule is O=C(Nc1cc(C(=O)N2CCCc3ccccc3C2)c(F)cc1F)c1cccnn1. The number of aryl methyl sites for hydroxylation is 1. The Morgan fingerprint density at radius 3 is 2.57 bits per heavy atom. The Bertz CT molecular complexity index is 1110. The summed E-state index contributed by atoms with van der Waals surface area (Å²) in [5.41, 5.74) is 1.53. The van der Waals surface area contributed by atoms with Crippen molar-refractivity contribution in [2.45, 2.75) is 19.4 Å². The highest BCUT2D eigenvalue weighted by molar-refractivity contribution is 6.04. The van der Waals surface area contributed by atoms with E-state index in [1.165, 1.54) is 23.2 Å². The van der Waals surface area contributed by atoms with Gasteiger partial charge in [-0.2, -0.15) is 5.10 Å². The molecule has 3 aromatic rings. The Balaban J connectivity index is 1.60. The van der Waals surface area contributed by atoms with Gasteiger partial charge in [-0.1, -0.05) is 24.3 Å². The van der Waals surface area contributed by atoms with Crippen molar-refractivity contribution in [2.24, 2.45) is 0 Å². The molecule has 0 unspecified atom stereocenters. The number of amides is 2. The maximum atomic E-state index is 14.5. The van der Waals surface area contributed by atoms with Crippen LogP contribution < -0.4 is 5.32 Å². The zero-order valence-corrected chi connectivity index (χ0v) is 15.9. The number of aromatic nitrogens is 2. The van der Waals surface area contributed by atoms with Crippen molar-refractivity contribution in [1.29, 1.82) is 0 Å². The molecule has 2 aromatic carbocycles. The van der Waals surface area contributed by atoms with E-state index in [9.17, 15) is 18.4 Å². The van der Waals surface area contributed by atoms with Gasteiger partial charge in [0, 0.05) is 25.4 Å². The van der Waals surface area contributed by atoms with E-state index in [0.717, 1.165) is 30.0 Å². The molecule has 0 spiro atoms. The maximum Gasteiger partial charge on any atom is 0.276 e. The summed E-state index contributed by atoms with van der Waals surface area (Å²) in [6.07, 6.45) is 2.96. The highest BCUT2D eigenvalue weighted by Crippen LogP contribution is 2.24. The van der Waals surface area contributed by atoms with E-state index < -0.39 is 23.4 Å². The van der Waals surface area contributed by atoms with Gasteiger partial charge in [0.1, 0.15) is 11.6 Å². The van der Waals surface area contributed by atoms with Crippen LogP contribution in [0, 0.1) is 11.6 Å². The molecule has 8 heteroatoms. The first-order valence-corrected chi connectivity index (χ1v) is 9.47. The van der Waals surface area contributed by atoms with Gasteiger partial charge in [0.25, 0.3) is 11.8 Å².